The third-order valence-corrected chi connectivity index (χ3v) is 10.4. The maximum absolute atomic E-state index is 11.9. The molecule has 6 rings (SSSR count). The summed E-state index contributed by atoms with van der Waals surface area (Å²) in [6.45, 7) is 6.84. The van der Waals surface area contributed by atoms with E-state index in [1.165, 1.54) is 0 Å². The molecule has 0 aromatic rings. The Morgan fingerprint density at radius 2 is 1.88 bits per heavy atom. The van der Waals surface area contributed by atoms with Crippen LogP contribution in [0.25, 0.3) is 0 Å². The highest BCUT2D eigenvalue weighted by Crippen LogP contribution is 2.78. The quantitative estimate of drug-likeness (QED) is 0.675. The van der Waals surface area contributed by atoms with Crippen molar-refractivity contribution in [1.29, 1.82) is 0 Å². The molecular formula is C21H33NO3. The van der Waals surface area contributed by atoms with Crippen molar-refractivity contribution in [2.75, 3.05) is 13.1 Å². The summed E-state index contributed by atoms with van der Waals surface area (Å²) in [5.41, 5.74) is -0.524. The molecule has 140 valence electrons. The topological polar surface area (TPSA) is 63.9 Å². The molecule has 11 atom stereocenters. The van der Waals surface area contributed by atoms with Crippen molar-refractivity contribution in [3.8, 4) is 0 Å². The Labute approximate surface area is 150 Å². The van der Waals surface area contributed by atoms with Gasteiger partial charge < -0.3 is 15.3 Å². The maximum Gasteiger partial charge on any atom is 0.0746 e. The standard InChI is InChI=1S/C21H33NO3/c1-3-22-10-19(2)6-5-15(23)21-12-8-11-4-7-20(25,16(12)17(11)24)13(18(21)22)9-14(19)21/h11-18,23-25H,3-10H2,1-2H3/t11-,12?,13?,14+,15-,16?,17-,18+,19-,20-,21+/m0/s1. The first kappa shape index (κ1) is 15.9. The summed E-state index contributed by atoms with van der Waals surface area (Å²) < 4.78 is 0. The van der Waals surface area contributed by atoms with Crippen LogP contribution in [0.5, 0.6) is 0 Å². The van der Waals surface area contributed by atoms with E-state index in [2.05, 4.69) is 18.7 Å². The Morgan fingerprint density at radius 1 is 1.08 bits per heavy atom. The molecule has 6 aliphatic rings. The van der Waals surface area contributed by atoms with E-state index < -0.39 is 5.60 Å². The highest BCUT2D eigenvalue weighted by atomic mass is 16.3. The minimum atomic E-state index is -0.706. The number of aliphatic hydroxyl groups excluding tert-OH is 2. The largest absolute Gasteiger partial charge is 0.392 e. The molecule has 1 aliphatic heterocycles. The Morgan fingerprint density at radius 3 is 2.64 bits per heavy atom. The van der Waals surface area contributed by atoms with Gasteiger partial charge in [-0.1, -0.05) is 13.8 Å². The van der Waals surface area contributed by atoms with Crippen molar-refractivity contribution >= 4 is 0 Å². The van der Waals surface area contributed by atoms with Crippen molar-refractivity contribution < 1.29 is 15.3 Å². The summed E-state index contributed by atoms with van der Waals surface area (Å²) in [5, 5.41) is 34.4. The summed E-state index contributed by atoms with van der Waals surface area (Å²) in [7, 11) is 0. The molecule has 3 unspecified atom stereocenters. The molecule has 0 aromatic heterocycles. The van der Waals surface area contributed by atoms with Crippen LogP contribution < -0.4 is 0 Å². The third-order valence-electron chi connectivity index (χ3n) is 10.4. The van der Waals surface area contributed by atoms with Gasteiger partial charge in [0, 0.05) is 29.8 Å². The van der Waals surface area contributed by atoms with E-state index in [4.69, 9.17) is 0 Å². The third kappa shape index (κ3) is 1.44. The lowest BCUT2D eigenvalue weighted by Crippen LogP contribution is -2.75. The molecule has 4 heteroatoms. The monoisotopic (exact) mass is 347 g/mol. The molecule has 3 N–H and O–H groups in total. The van der Waals surface area contributed by atoms with Crippen molar-refractivity contribution in [2.24, 2.45) is 40.4 Å². The highest BCUT2D eigenvalue weighted by molar-refractivity contribution is 5.31. The number of rotatable bonds is 1. The Balaban J connectivity index is 1.62. The maximum atomic E-state index is 11.9. The molecule has 0 amide bonds. The average molecular weight is 347 g/mol. The van der Waals surface area contributed by atoms with E-state index in [1.54, 1.807) is 0 Å². The lowest BCUT2D eigenvalue weighted by molar-refractivity contribution is -0.260. The smallest absolute Gasteiger partial charge is 0.0746 e. The zero-order valence-corrected chi connectivity index (χ0v) is 15.6. The second-order valence-corrected chi connectivity index (χ2v) is 10.8. The first-order chi connectivity index (χ1) is 11.9. The molecular weight excluding hydrogens is 314 g/mol. The number of fused-ring (bicyclic) bond motifs is 2. The van der Waals surface area contributed by atoms with Gasteiger partial charge in [-0.25, -0.2) is 0 Å². The van der Waals surface area contributed by atoms with Crippen LogP contribution in [0.15, 0.2) is 0 Å². The van der Waals surface area contributed by atoms with Crippen LogP contribution in [0.4, 0.5) is 0 Å². The van der Waals surface area contributed by atoms with Crippen LogP contribution in [0.2, 0.25) is 0 Å². The summed E-state index contributed by atoms with van der Waals surface area (Å²) >= 11 is 0. The molecule has 4 nitrogen and oxygen atoms in total. The minimum absolute atomic E-state index is 0.00584. The van der Waals surface area contributed by atoms with E-state index >= 15 is 0 Å². The van der Waals surface area contributed by atoms with Gasteiger partial charge >= 0.3 is 0 Å². The number of nitrogens with zero attached hydrogens (tertiary/aromatic N) is 1. The lowest BCUT2D eigenvalue weighted by atomic mass is 9.43. The van der Waals surface area contributed by atoms with Crippen LogP contribution in [-0.2, 0) is 0 Å². The van der Waals surface area contributed by atoms with Gasteiger partial charge in [-0.05, 0) is 68.2 Å². The van der Waals surface area contributed by atoms with Crippen molar-refractivity contribution in [3.63, 3.8) is 0 Å². The van der Waals surface area contributed by atoms with E-state index in [-0.39, 0.29) is 34.9 Å². The van der Waals surface area contributed by atoms with Gasteiger partial charge in [0.15, 0.2) is 0 Å². The van der Waals surface area contributed by atoms with Gasteiger partial charge in [-0.15, -0.1) is 0 Å². The second-order valence-electron chi connectivity index (χ2n) is 10.8. The predicted octanol–water partition coefficient (Wildman–Crippen LogP) is 1.63. The molecule has 0 radical (unpaired) electrons. The molecule has 25 heavy (non-hydrogen) atoms. The van der Waals surface area contributed by atoms with Crippen LogP contribution in [0.3, 0.4) is 0 Å². The summed E-state index contributed by atoms with van der Waals surface area (Å²) in [6, 6.07) is 0.321. The predicted molar refractivity (Wildman–Crippen MR) is 93.7 cm³/mol. The molecule has 5 aliphatic carbocycles. The molecule has 6 fully saturated rings. The lowest BCUT2D eigenvalue weighted by Gasteiger charge is -2.68. The van der Waals surface area contributed by atoms with Crippen molar-refractivity contribution in [3.05, 3.63) is 0 Å². The van der Waals surface area contributed by atoms with E-state index in [1.807, 2.05) is 0 Å². The zero-order valence-electron chi connectivity index (χ0n) is 15.6. The number of hydrogen-bond donors (Lipinski definition) is 3. The summed E-state index contributed by atoms with van der Waals surface area (Å²) in [6.07, 6.45) is 5.34. The fourth-order valence-electron chi connectivity index (χ4n) is 9.79. The normalized spacial score (nSPS) is 67.6. The van der Waals surface area contributed by atoms with Crippen LogP contribution in [0, 0.1) is 40.4 Å². The SMILES string of the molecule is CCN1C[C@]2(C)CC[C@H](O)[C@@]34C5C[C@@H]6CC[C@@](O)(C5[C@H]6O)C(C[C@H]23)[C@@H]14. The Bertz CT molecular complexity index is 626. The van der Waals surface area contributed by atoms with Crippen molar-refractivity contribution in [2.45, 2.75) is 76.2 Å². The zero-order chi connectivity index (χ0) is 17.4. The van der Waals surface area contributed by atoms with Crippen molar-refractivity contribution in [1.82, 2.24) is 4.90 Å². The highest BCUT2D eigenvalue weighted by Gasteiger charge is 2.81. The summed E-state index contributed by atoms with van der Waals surface area (Å²) in [5.74, 6) is 1.42. The molecule has 1 saturated heterocycles. The molecule has 7 bridgehead atoms. The summed E-state index contributed by atoms with van der Waals surface area (Å²) in [4.78, 5) is 2.63. The molecule has 5 saturated carbocycles. The Hall–Kier alpha value is -0.160. The van der Waals surface area contributed by atoms with Gasteiger partial charge in [0.2, 0.25) is 0 Å². The van der Waals surface area contributed by atoms with Gasteiger partial charge in [0.05, 0.1) is 17.8 Å². The molecule has 1 spiro atoms. The first-order valence-corrected chi connectivity index (χ1v) is 10.7. The molecule has 1 heterocycles. The average Bonchev–Trinajstić information content (AvgIpc) is 3.00. The number of hydrogen-bond acceptors (Lipinski definition) is 4. The van der Waals surface area contributed by atoms with Crippen LogP contribution >= 0.6 is 0 Å². The first-order valence-electron chi connectivity index (χ1n) is 10.7. The van der Waals surface area contributed by atoms with Gasteiger partial charge in [-0.2, -0.15) is 0 Å². The van der Waals surface area contributed by atoms with Gasteiger partial charge in [0.25, 0.3) is 0 Å². The van der Waals surface area contributed by atoms with E-state index in [0.717, 1.165) is 51.6 Å². The number of piperidine rings is 1. The van der Waals surface area contributed by atoms with Crippen LogP contribution in [0.1, 0.15) is 52.4 Å². The fourth-order valence-corrected chi connectivity index (χ4v) is 9.79. The minimum Gasteiger partial charge on any atom is -0.392 e. The van der Waals surface area contributed by atoms with Gasteiger partial charge in [0.1, 0.15) is 0 Å². The molecule has 0 aromatic carbocycles. The van der Waals surface area contributed by atoms with Gasteiger partial charge in [-0.3, -0.25) is 4.90 Å². The number of likely N-dealkylation sites (tertiary alicyclic amines) is 1. The van der Waals surface area contributed by atoms with E-state index in [0.29, 0.717) is 23.8 Å². The van der Waals surface area contributed by atoms with Crippen LogP contribution in [-0.4, -0.2) is 57.2 Å². The second kappa shape index (κ2) is 4.45. The Kier molecular flexibility index (Phi) is 2.82. The fraction of sp³-hybridized carbons (Fsp3) is 1.00. The van der Waals surface area contributed by atoms with E-state index in [9.17, 15) is 15.3 Å². The number of aliphatic hydroxyl groups is 3.